The van der Waals surface area contributed by atoms with Gasteiger partial charge in [-0.25, -0.2) is 0 Å². The fraction of sp³-hybridized carbons (Fsp3) is 0.941. The zero-order valence-electron chi connectivity index (χ0n) is 15.4. The average Bonchev–Trinajstić information content (AvgIpc) is 2.91. The first kappa shape index (κ1) is 19.2. The van der Waals surface area contributed by atoms with Crippen molar-refractivity contribution in [2.75, 3.05) is 46.4 Å². The summed E-state index contributed by atoms with van der Waals surface area (Å²) >= 11 is 0. The highest BCUT2D eigenvalue weighted by Crippen LogP contribution is 2.21. The van der Waals surface area contributed by atoms with E-state index in [0.717, 1.165) is 31.5 Å². The zero-order valence-corrected chi connectivity index (χ0v) is 15.4. The standard InChI is InChI=1S/C17H36N4O/c1-7-18-16(20-12-15(22-6)17(3,4)5)19-11-14-9-10-21(8-2)13-14/h14-15H,7-13H2,1-6H3,(H2,18,19,20). The number of nitrogens with one attached hydrogen (secondary N) is 2. The van der Waals surface area contributed by atoms with Gasteiger partial charge in [-0.3, -0.25) is 4.99 Å². The summed E-state index contributed by atoms with van der Waals surface area (Å²) in [4.78, 5) is 7.22. The van der Waals surface area contributed by atoms with Crippen molar-refractivity contribution in [2.45, 2.75) is 47.1 Å². The minimum absolute atomic E-state index is 0.0999. The maximum absolute atomic E-state index is 5.58. The van der Waals surface area contributed by atoms with Crippen LogP contribution >= 0.6 is 0 Å². The van der Waals surface area contributed by atoms with Crippen molar-refractivity contribution >= 4 is 5.96 Å². The largest absolute Gasteiger partial charge is 0.379 e. The molecule has 0 aromatic heterocycles. The normalized spacial score (nSPS) is 21.9. The van der Waals surface area contributed by atoms with Gasteiger partial charge in [-0.05, 0) is 37.8 Å². The van der Waals surface area contributed by atoms with Crippen molar-refractivity contribution in [3.05, 3.63) is 0 Å². The molecular formula is C17H36N4O. The Morgan fingerprint density at radius 2 is 2.05 bits per heavy atom. The van der Waals surface area contributed by atoms with E-state index in [4.69, 9.17) is 9.73 Å². The van der Waals surface area contributed by atoms with E-state index < -0.39 is 0 Å². The number of aliphatic imine (C=N–C) groups is 1. The number of nitrogens with zero attached hydrogens (tertiary/aromatic N) is 2. The van der Waals surface area contributed by atoms with E-state index in [1.165, 1.54) is 19.5 Å². The third-order valence-electron chi connectivity index (χ3n) is 4.39. The highest BCUT2D eigenvalue weighted by molar-refractivity contribution is 5.79. The molecule has 1 saturated heterocycles. The average molecular weight is 313 g/mol. The van der Waals surface area contributed by atoms with E-state index in [1.807, 2.05) is 0 Å². The Morgan fingerprint density at radius 3 is 2.55 bits per heavy atom. The van der Waals surface area contributed by atoms with Gasteiger partial charge >= 0.3 is 0 Å². The number of rotatable bonds is 7. The van der Waals surface area contributed by atoms with Crippen LogP contribution in [-0.4, -0.2) is 63.3 Å². The molecule has 0 radical (unpaired) electrons. The third kappa shape index (κ3) is 6.53. The van der Waals surface area contributed by atoms with Gasteiger partial charge in [0, 0.05) is 26.7 Å². The molecule has 1 fully saturated rings. The molecule has 1 heterocycles. The molecular weight excluding hydrogens is 276 g/mol. The molecule has 1 rings (SSSR count). The predicted octanol–water partition coefficient (Wildman–Crippen LogP) is 1.94. The zero-order chi connectivity index (χ0) is 16.6. The summed E-state index contributed by atoms with van der Waals surface area (Å²) in [5.74, 6) is 1.63. The first-order valence-electron chi connectivity index (χ1n) is 8.68. The molecule has 1 aliphatic rings. The Bertz CT molecular complexity index is 338. The van der Waals surface area contributed by atoms with Crippen LogP contribution in [0.2, 0.25) is 0 Å². The lowest BCUT2D eigenvalue weighted by atomic mass is 9.89. The number of hydrogen-bond acceptors (Lipinski definition) is 3. The summed E-state index contributed by atoms with van der Waals surface area (Å²) in [6, 6.07) is 0. The number of ether oxygens (including phenoxy) is 1. The highest BCUT2D eigenvalue weighted by atomic mass is 16.5. The molecule has 0 aromatic carbocycles. The molecule has 2 atom stereocenters. The van der Waals surface area contributed by atoms with E-state index in [-0.39, 0.29) is 11.5 Å². The van der Waals surface area contributed by atoms with Crippen LogP contribution in [0.25, 0.3) is 0 Å². The lowest BCUT2D eigenvalue weighted by Crippen LogP contribution is -2.41. The lowest BCUT2D eigenvalue weighted by Gasteiger charge is -2.28. The third-order valence-corrected chi connectivity index (χ3v) is 4.39. The van der Waals surface area contributed by atoms with Gasteiger partial charge in [0.1, 0.15) is 0 Å². The van der Waals surface area contributed by atoms with Gasteiger partial charge in [0.25, 0.3) is 0 Å². The highest BCUT2D eigenvalue weighted by Gasteiger charge is 2.24. The summed E-state index contributed by atoms with van der Waals surface area (Å²) in [6.07, 6.45) is 1.41. The van der Waals surface area contributed by atoms with Crippen LogP contribution in [0.1, 0.15) is 41.0 Å². The van der Waals surface area contributed by atoms with Gasteiger partial charge in [0.05, 0.1) is 12.6 Å². The molecule has 1 aliphatic heterocycles. The fourth-order valence-corrected chi connectivity index (χ4v) is 2.83. The Balaban J connectivity index is 2.48. The minimum atomic E-state index is 0.0999. The maximum Gasteiger partial charge on any atom is 0.191 e. The van der Waals surface area contributed by atoms with Gasteiger partial charge in [0.15, 0.2) is 5.96 Å². The number of likely N-dealkylation sites (tertiary alicyclic amines) is 1. The van der Waals surface area contributed by atoms with Crippen LogP contribution in [0.5, 0.6) is 0 Å². The van der Waals surface area contributed by atoms with E-state index >= 15 is 0 Å². The molecule has 2 unspecified atom stereocenters. The number of methoxy groups -OCH3 is 1. The van der Waals surface area contributed by atoms with Crippen LogP contribution in [0.4, 0.5) is 0 Å². The molecule has 0 saturated carbocycles. The summed E-state index contributed by atoms with van der Waals surface area (Å²) in [5, 5.41) is 6.83. The Kier molecular flexibility index (Phi) is 8.18. The fourth-order valence-electron chi connectivity index (χ4n) is 2.83. The molecule has 5 nitrogen and oxygen atoms in total. The molecule has 22 heavy (non-hydrogen) atoms. The molecule has 130 valence electrons. The van der Waals surface area contributed by atoms with Crippen molar-refractivity contribution < 1.29 is 4.74 Å². The lowest BCUT2D eigenvalue weighted by molar-refractivity contribution is 0.0241. The van der Waals surface area contributed by atoms with Gasteiger partial charge in [-0.2, -0.15) is 0 Å². The molecule has 0 amide bonds. The van der Waals surface area contributed by atoms with Crippen molar-refractivity contribution in [3.8, 4) is 0 Å². The number of guanidine groups is 1. The SMILES string of the molecule is CCNC(=NCC(OC)C(C)(C)C)NCC1CCN(CC)C1. The van der Waals surface area contributed by atoms with E-state index in [9.17, 15) is 0 Å². The maximum atomic E-state index is 5.58. The van der Waals surface area contributed by atoms with E-state index in [1.54, 1.807) is 7.11 Å². The van der Waals surface area contributed by atoms with Crippen LogP contribution in [0, 0.1) is 11.3 Å². The van der Waals surface area contributed by atoms with Crippen molar-refractivity contribution in [1.29, 1.82) is 0 Å². The quantitative estimate of drug-likeness (QED) is 0.557. The predicted molar refractivity (Wildman–Crippen MR) is 94.5 cm³/mol. The van der Waals surface area contributed by atoms with Crippen molar-refractivity contribution in [3.63, 3.8) is 0 Å². The topological polar surface area (TPSA) is 48.9 Å². The second-order valence-electron chi connectivity index (χ2n) is 7.24. The van der Waals surface area contributed by atoms with Gasteiger partial charge in [-0.1, -0.05) is 27.7 Å². The van der Waals surface area contributed by atoms with Gasteiger partial charge < -0.3 is 20.3 Å². The second-order valence-corrected chi connectivity index (χ2v) is 7.24. The Morgan fingerprint density at radius 1 is 1.32 bits per heavy atom. The van der Waals surface area contributed by atoms with Gasteiger partial charge in [-0.15, -0.1) is 0 Å². The molecule has 5 heteroatoms. The Hall–Kier alpha value is -0.810. The first-order valence-corrected chi connectivity index (χ1v) is 8.68. The van der Waals surface area contributed by atoms with Crippen LogP contribution in [0.15, 0.2) is 4.99 Å². The summed E-state index contributed by atoms with van der Waals surface area (Å²) < 4.78 is 5.58. The molecule has 0 aliphatic carbocycles. The smallest absolute Gasteiger partial charge is 0.191 e. The Labute approximate surface area is 136 Å². The van der Waals surface area contributed by atoms with Crippen molar-refractivity contribution in [2.24, 2.45) is 16.3 Å². The van der Waals surface area contributed by atoms with Gasteiger partial charge in [0.2, 0.25) is 0 Å². The number of hydrogen-bond donors (Lipinski definition) is 2. The monoisotopic (exact) mass is 312 g/mol. The molecule has 0 spiro atoms. The molecule has 2 N–H and O–H groups in total. The van der Waals surface area contributed by atoms with Crippen LogP contribution in [0.3, 0.4) is 0 Å². The van der Waals surface area contributed by atoms with E-state index in [2.05, 4.69) is 50.2 Å². The summed E-state index contributed by atoms with van der Waals surface area (Å²) in [6.45, 7) is 17.0. The first-order chi connectivity index (χ1) is 10.4. The summed E-state index contributed by atoms with van der Waals surface area (Å²) in [5.41, 5.74) is 0.0999. The molecule has 0 bridgehead atoms. The van der Waals surface area contributed by atoms with Crippen LogP contribution in [-0.2, 0) is 4.74 Å². The summed E-state index contributed by atoms with van der Waals surface area (Å²) in [7, 11) is 1.77. The molecule has 0 aromatic rings. The minimum Gasteiger partial charge on any atom is -0.379 e. The second kappa shape index (κ2) is 9.36. The van der Waals surface area contributed by atoms with E-state index in [0.29, 0.717) is 6.54 Å². The van der Waals surface area contributed by atoms with Crippen LogP contribution < -0.4 is 10.6 Å². The van der Waals surface area contributed by atoms with Crippen molar-refractivity contribution in [1.82, 2.24) is 15.5 Å².